The highest BCUT2D eigenvalue weighted by Crippen LogP contribution is 2.18. The van der Waals surface area contributed by atoms with Crippen molar-refractivity contribution in [2.75, 3.05) is 0 Å². The fourth-order valence-electron chi connectivity index (χ4n) is 2.36. The van der Waals surface area contributed by atoms with Crippen LogP contribution < -0.4 is 5.32 Å². The van der Waals surface area contributed by atoms with Crippen molar-refractivity contribution in [2.45, 2.75) is 13.0 Å². The molecule has 22 heavy (non-hydrogen) atoms. The van der Waals surface area contributed by atoms with Crippen molar-refractivity contribution in [3.8, 4) is 0 Å². The number of carbonyl (C=O) groups is 1. The van der Waals surface area contributed by atoms with Crippen LogP contribution in [-0.2, 0) is 17.8 Å². The van der Waals surface area contributed by atoms with Gasteiger partial charge in [-0.25, -0.2) is 0 Å². The summed E-state index contributed by atoms with van der Waals surface area (Å²) >= 11 is 1.41. The van der Waals surface area contributed by atoms with E-state index in [1.54, 1.807) is 10.8 Å². The lowest BCUT2D eigenvalue weighted by atomic mass is 10.1. The Morgan fingerprint density at radius 1 is 1.36 bits per heavy atom. The molecule has 0 atom stereocenters. The van der Waals surface area contributed by atoms with E-state index in [9.17, 15) is 4.79 Å². The van der Waals surface area contributed by atoms with Gasteiger partial charge >= 0.3 is 0 Å². The second-order valence-electron chi connectivity index (χ2n) is 4.87. The lowest BCUT2D eigenvalue weighted by Crippen LogP contribution is -2.24. The van der Waals surface area contributed by atoms with Gasteiger partial charge in [0.05, 0.1) is 13.0 Å². The van der Waals surface area contributed by atoms with Gasteiger partial charge in [-0.1, -0.05) is 29.5 Å². The maximum absolute atomic E-state index is 12.1. The zero-order valence-corrected chi connectivity index (χ0v) is 12.3. The quantitative estimate of drug-likeness (QED) is 0.598. The van der Waals surface area contributed by atoms with E-state index in [0.29, 0.717) is 13.0 Å². The molecule has 0 aliphatic rings. The summed E-state index contributed by atoms with van der Waals surface area (Å²) in [6.45, 7) is 0.398. The number of aromatic amines is 1. The van der Waals surface area contributed by atoms with Gasteiger partial charge in [-0.3, -0.25) is 4.79 Å². The number of carbonyl (C=O) groups excluding carboxylic acids is 1. The Labute approximate surface area is 129 Å². The van der Waals surface area contributed by atoms with E-state index in [2.05, 4.69) is 25.6 Å². The van der Waals surface area contributed by atoms with Crippen LogP contribution >= 0.6 is 11.3 Å². The molecule has 2 N–H and O–H groups in total. The van der Waals surface area contributed by atoms with E-state index in [4.69, 9.17) is 0 Å². The number of H-pyrrole nitrogens is 1. The molecule has 0 aliphatic heterocycles. The van der Waals surface area contributed by atoms with E-state index in [0.717, 1.165) is 26.4 Å². The zero-order valence-electron chi connectivity index (χ0n) is 11.5. The number of hydrogen-bond acceptors (Lipinski definition) is 5. The predicted molar refractivity (Wildman–Crippen MR) is 82.5 cm³/mol. The Kier molecular flexibility index (Phi) is 3.08. The highest BCUT2D eigenvalue weighted by Gasteiger charge is 2.10. The van der Waals surface area contributed by atoms with Crippen LogP contribution in [-0.4, -0.2) is 30.7 Å². The van der Waals surface area contributed by atoms with Gasteiger partial charge in [-0.05, 0) is 11.6 Å². The molecule has 0 radical (unpaired) electrons. The topological polar surface area (TPSA) is 88.0 Å². The summed E-state index contributed by atoms with van der Waals surface area (Å²) in [5.41, 5.74) is 2.03. The van der Waals surface area contributed by atoms with Crippen LogP contribution in [0, 0.1) is 0 Å². The number of para-hydroxylation sites is 1. The largest absolute Gasteiger partial charge is 0.361 e. The maximum Gasteiger partial charge on any atom is 0.234 e. The molecule has 0 bridgehead atoms. The van der Waals surface area contributed by atoms with Gasteiger partial charge in [0.1, 0.15) is 11.3 Å². The number of fused-ring (bicyclic) bond motifs is 2. The van der Waals surface area contributed by atoms with E-state index in [-0.39, 0.29) is 5.91 Å². The lowest BCUT2D eigenvalue weighted by Gasteiger charge is -2.02. The van der Waals surface area contributed by atoms with Gasteiger partial charge in [0.2, 0.25) is 10.9 Å². The smallest absolute Gasteiger partial charge is 0.234 e. The third kappa shape index (κ3) is 2.33. The third-order valence-electron chi connectivity index (χ3n) is 3.39. The number of nitrogens with one attached hydrogen (secondary N) is 2. The van der Waals surface area contributed by atoms with Crippen molar-refractivity contribution in [1.82, 2.24) is 30.1 Å². The second kappa shape index (κ2) is 5.23. The molecule has 0 saturated heterocycles. The Morgan fingerprint density at radius 2 is 2.27 bits per heavy atom. The van der Waals surface area contributed by atoms with Crippen molar-refractivity contribution < 1.29 is 4.79 Å². The molecule has 0 aliphatic carbocycles. The van der Waals surface area contributed by atoms with Gasteiger partial charge in [0.25, 0.3) is 0 Å². The fourth-order valence-corrected chi connectivity index (χ4v) is 3.11. The van der Waals surface area contributed by atoms with Gasteiger partial charge in [0.15, 0.2) is 0 Å². The van der Waals surface area contributed by atoms with Crippen LogP contribution in [0.15, 0.2) is 36.8 Å². The van der Waals surface area contributed by atoms with Crippen molar-refractivity contribution in [1.29, 1.82) is 0 Å². The molecule has 4 rings (SSSR count). The Bertz CT molecular complexity index is 924. The molecule has 1 aromatic carbocycles. The van der Waals surface area contributed by atoms with E-state index in [1.165, 1.54) is 11.3 Å². The highest BCUT2D eigenvalue weighted by atomic mass is 32.1. The molecule has 110 valence electrons. The Morgan fingerprint density at radius 3 is 3.18 bits per heavy atom. The van der Waals surface area contributed by atoms with Crippen molar-refractivity contribution >= 4 is 33.1 Å². The number of nitrogens with zero attached hydrogens (tertiary/aromatic N) is 4. The summed E-state index contributed by atoms with van der Waals surface area (Å²) < 4.78 is 1.60. The normalized spacial score (nSPS) is 11.3. The average molecular weight is 312 g/mol. The maximum atomic E-state index is 12.1. The lowest BCUT2D eigenvalue weighted by molar-refractivity contribution is -0.120. The molecular weight excluding hydrogens is 300 g/mol. The van der Waals surface area contributed by atoms with Crippen molar-refractivity contribution in [2.24, 2.45) is 0 Å². The molecule has 1 amide bonds. The van der Waals surface area contributed by atoms with Gasteiger partial charge < -0.3 is 10.3 Å². The van der Waals surface area contributed by atoms with Crippen LogP contribution in [0.5, 0.6) is 0 Å². The Balaban J connectivity index is 1.43. The van der Waals surface area contributed by atoms with E-state index >= 15 is 0 Å². The molecular formula is C14H12N6OS. The molecule has 3 heterocycles. The van der Waals surface area contributed by atoms with Gasteiger partial charge in [0, 0.05) is 17.1 Å². The molecule has 7 nitrogen and oxygen atoms in total. The van der Waals surface area contributed by atoms with Crippen LogP contribution in [0.1, 0.15) is 10.6 Å². The first kappa shape index (κ1) is 13.0. The SMILES string of the molecule is O=C(Cc1c[nH]c2ccccc12)NCc1nn2cnnc2s1. The molecule has 0 fully saturated rings. The highest BCUT2D eigenvalue weighted by molar-refractivity contribution is 7.16. The summed E-state index contributed by atoms with van der Waals surface area (Å²) in [6, 6.07) is 7.95. The first-order valence-electron chi connectivity index (χ1n) is 6.77. The standard InChI is InChI=1S/C14H12N6OS/c21-12(5-9-6-15-11-4-2-1-3-10(9)11)16-7-13-19-20-8-17-18-14(20)22-13/h1-4,6,8,15H,5,7H2,(H,16,21). The molecule has 0 saturated carbocycles. The van der Waals surface area contributed by atoms with E-state index in [1.807, 2.05) is 30.5 Å². The van der Waals surface area contributed by atoms with Crippen LogP contribution in [0.4, 0.5) is 0 Å². The summed E-state index contributed by atoms with van der Waals surface area (Å²) in [5, 5.41) is 16.7. The first-order valence-corrected chi connectivity index (χ1v) is 7.59. The third-order valence-corrected chi connectivity index (χ3v) is 4.30. The second-order valence-corrected chi connectivity index (χ2v) is 5.91. The summed E-state index contributed by atoms with van der Waals surface area (Å²) in [7, 11) is 0. The first-order chi connectivity index (χ1) is 10.8. The van der Waals surface area contributed by atoms with Crippen LogP contribution in [0.25, 0.3) is 15.9 Å². The van der Waals surface area contributed by atoms with Gasteiger partial charge in [-0.2, -0.15) is 9.61 Å². The molecule has 0 unspecified atom stereocenters. The average Bonchev–Trinajstić information content (AvgIpc) is 3.20. The zero-order chi connectivity index (χ0) is 14.9. The minimum Gasteiger partial charge on any atom is -0.361 e. The van der Waals surface area contributed by atoms with Crippen molar-refractivity contribution in [3.05, 3.63) is 47.4 Å². The number of amides is 1. The van der Waals surface area contributed by atoms with Crippen LogP contribution in [0.2, 0.25) is 0 Å². The number of hydrogen-bond donors (Lipinski definition) is 2. The number of rotatable bonds is 4. The number of aromatic nitrogens is 5. The molecule has 8 heteroatoms. The molecule has 4 aromatic rings. The molecule has 0 spiro atoms. The minimum atomic E-state index is -0.0317. The van der Waals surface area contributed by atoms with Crippen LogP contribution in [0.3, 0.4) is 0 Å². The monoisotopic (exact) mass is 312 g/mol. The summed E-state index contributed by atoms with van der Waals surface area (Å²) in [5.74, 6) is -0.0317. The van der Waals surface area contributed by atoms with Gasteiger partial charge in [-0.15, -0.1) is 10.2 Å². The fraction of sp³-hybridized carbons (Fsp3) is 0.143. The number of benzene rings is 1. The minimum absolute atomic E-state index is 0.0317. The summed E-state index contributed by atoms with van der Waals surface area (Å²) in [6.07, 6.45) is 3.77. The van der Waals surface area contributed by atoms with Crippen molar-refractivity contribution in [3.63, 3.8) is 0 Å². The predicted octanol–water partition coefficient (Wildman–Crippen LogP) is 1.53. The summed E-state index contributed by atoms with van der Waals surface area (Å²) in [4.78, 5) is 16.0. The van der Waals surface area contributed by atoms with E-state index < -0.39 is 0 Å². The molecule has 3 aromatic heterocycles. The Hall–Kier alpha value is -2.74.